The van der Waals surface area contributed by atoms with E-state index in [2.05, 4.69) is 18.7 Å². The Morgan fingerprint density at radius 3 is 2.79 bits per heavy atom. The van der Waals surface area contributed by atoms with Crippen molar-refractivity contribution in [3.05, 3.63) is 0 Å². The van der Waals surface area contributed by atoms with E-state index < -0.39 is 0 Å². The number of hydrogen-bond donors (Lipinski definition) is 0. The molecule has 2 saturated heterocycles. The van der Waals surface area contributed by atoms with Crippen molar-refractivity contribution in [1.82, 2.24) is 4.90 Å². The van der Waals surface area contributed by atoms with Crippen molar-refractivity contribution in [3.8, 4) is 0 Å². The number of nitrogens with zero attached hydrogens (tertiary/aromatic N) is 1. The van der Waals surface area contributed by atoms with Crippen molar-refractivity contribution in [2.45, 2.75) is 39.2 Å². The first-order valence-corrected chi connectivity index (χ1v) is 6.09. The molecule has 2 fully saturated rings. The zero-order valence-corrected chi connectivity index (χ0v) is 9.54. The van der Waals surface area contributed by atoms with Crippen molar-refractivity contribution in [2.75, 3.05) is 26.3 Å². The van der Waals surface area contributed by atoms with Crippen molar-refractivity contribution in [3.63, 3.8) is 0 Å². The maximum Gasteiger partial charge on any atom is 0.0506 e. The predicted molar refractivity (Wildman–Crippen MR) is 58.4 cm³/mol. The summed E-state index contributed by atoms with van der Waals surface area (Å²) in [5, 5.41) is 0. The van der Waals surface area contributed by atoms with E-state index in [0.29, 0.717) is 0 Å². The fourth-order valence-electron chi connectivity index (χ4n) is 2.94. The largest absolute Gasteiger partial charge is 0.381 e. The molecule has 0 N–H and O–H groups in total. The molecule has 0 spiro atoms. The minimum atomic E-state index is 0.731. The SMILES string of the molecule is CC1COCCC1N1CCC[C@H](C)C1. The van der Waals surface area contributed by atoms with Crippen LogP contribution in [0.3, 0.4) is 0 Å². The predicted octanol–water partition coefficient (Wildman–Crippen LogP) is 2.14. The summed E-state index contributed by atoms with van der Waals surface area (Å²) in [7, 11) is 0. The van der Waals surface area contributed by atoms with Gasteiger partial charge in [0.1, 0.15) is 0 Å². The minimum absolute atomic E-state index is 0.731. The second-order valence-corrected chi connectivity index (χ2v) is 5.15. The molecule has 2 heteroatoms. The van der Waals surface area contributed by atoms with Gasteiger partial charge in [-0.2, -0.15) is 0 Å². The Balaban J connectivity index is 1.91. The van der Waals surface area contributed by atoms with E-state index >= 15 is 0 Å². The van der Waals surface area contributed by atoms with Crippen molar-refractivity contribution < 1.29 is 4.74 Å². The van der Waals surface area contributed by atoms with Gasteiger partial charge in [0.25, 0.3) is 0 Å². The molecule has 0 aromatic rings. The Morgan fingerprint density at radius 2 is 2.07 bits per heavy atom. The van der Waals surface area contributed by atoms with Crippen LogP contribution in [0, 0.1) is 11.8 Å². The van der Waals surface area contributed by atoms with Crippen LogP contribution >= 0.6 is 0 Å². The van der Waals surface area contributed by atoms with E-state index in [1.54, 1.807) is 0 Å². The first-order valence-electron chi connectivity index (χ1n) is 6.09. The summed E-state index contributed by atoms with van der Waals surface area (Å²) in [5.74, 6) is 1.63. The molecule has 2 rings (SSSR count). The van der Waals surface area contributed by atoms with Gasteiger partial charge in [0.15, 0.2) is 0 Å². The highest BCUT2D eigenvalue weighted by atomic mass is 16.5. The highest BCUT2D eigenvalue weighted by Crippen LogP contribution is 2.25. The van der Waals surface area contributed by atoms with E-state index in [4.69, 9.17) is 4.74 Å². The molecule has 0 amide bonds. The number of rotatable bonds is 1. The Labute approximate surface area is 87.6 Å². The van der Waals surface area contributed by atoms with Crippen molar-refractivity contribution in [1.29, 1.82) is 0 Å². The summed E-state index contributed by atoms with van der Waals surface area (Å²) in [5.41, 5.74) is 0. The third-order valence-corrected chi connectivity index (χ3v) is 3.75. The third kappa shape index (κ3) is 2.29. The Bertz CT molecular complexity index is 183. The number of hydrogen-bond acceptors (Lipinski definition) is 2. The third-order valence-electron chi connectivity index (χ3n) is 3.75. The highest BCUT2D eigenvalue weighted by molar-refractivity contribution is 4.83. The lowest BCUT2D eigenvalue weighted by Gasteiger charge is -2.42. The normalized spacial score (nSPS) is 41.1. The molecule has 0 saturated carbocycles. The fourth-order valence-corrected chi connectivity index (χ4v) is 2.94. The molecular weight excluding hydrogens is 174 g/mol. The summed E-state index contributed by atoms with van der Waals surface area (Å²) >= 11 is 0. The number of ether oxygens (including phenoxy) is 1. The molecule has 2 nitrogen and oxygen atoms in total. The van der Waals surface area contributed by atoms with Gasteiger partial charge in [-0.25, -0.2) is 0 Å². The van der Waals surface area contributed by atoms with E-state index in [9.17, 15) is 0 Å². The minimum Gasteiger partial charge on any atom is -0.381 e. The van der Waals surface area contributed by atoms with Crippen LogP contribution in [0.15, 0.2) is 0 Å². The van der Waals surface area contributed by atoms with Gasteiger partial charge < -0.3 is 4.74 Å². The average Bonchev–Trinajstić information content (AvgIpc) is 2.18. The number of piperidine rings is 1. The lowest BCUT2D eigenvalue weighted by atomic mass is 9.91. The summed E-state index contributed by atoms with van der Waals surface area (Å²) in [6, 6.07) is 0.798. The molecule has 0 radical (unpaired) electrons. The molecule has 2 aliphatic heterocycles. The lowest BCUT2D eigenvalue weighted by Crippen LogP contribution is -2.48. The quantitative estimate of drug-likeness (QED) is 0.638. The lowest BCUT2D eigenvalue weighted by molar-refractivity contribution is -0.0178. The van der Waals surface area contributed by atoms with Crippen LogP contribution in [0.2, 0.25) is 0 Å². The van der Waals surface area contributed by atoms with Gasteiger partial charge in [0.05, 0.1) is 6.61 Å². The molecule has 0 aliphatic carbocycles. The van der Waals surface area contributed by atoms with Crippen molar-refractivity contribution in [2.24, 2.45) is 11.8 Å². The molecule has 2 aliphatic rings. The highest BCUT2D eigenvalue weighted by Gasteiger charge is 2.29. The van der Waals surface area contributed by atoms with Crippen LogP contribution < -0.4 is 0 Å². The zero-order valence-electron chi connectivity index (χ0n) is 9.54. The van der Waals surface area contributed by atoms with Gasteiger partial charge in [0, 0.05) is 19.2 Å². The maximum absolute atomic E-state index is 5.50. The first-order chi connectivity index (χ1) is 6.77. The molecule has 0 aromatic heterocycles. The average molecular weight is 197 g/mol. The maximum atomic E-state index is 5.50. The molecule has 0 aromatic carbocycles. The van der Waals surface area contributed by atoms with Crippen LogP contribution in [0.4, 0.5) is 0 Å². The van der Waals surface area contributed by atoms with Gasteiger partial charge in [0.2, 0.25) is 0 Å². The van der Waals surface area contributed by atoms with Gasteiger partial charge in [-0.05, 0) is 37.6 Å². The van der Waals surface area contributed by atoms with Gasteiger partial charge >= 0.3 is 0 Å². The standard InChI is InChI=1S/C12H23NO/c1-10-4-3-6-13(8-10)12-5-7-14-9-11(12)2/h10-12H,3-9H2,1-2H3/t10-,11?,12?/m0/s1. The van der Waals surface area contributed by atoms with Crippen LogP contribution in [0.1, 0.15) is 33.1 Å². The Kier molecular flexibility index (Phi) is 3.45. The fraction of sp³-hybridized carbons (Fsp3) is 1.00. The first kappa shape index (κ1) is 10.4. The summed E-state index contributed by atoms with van der Waals surface area (Å²) in [6.45, 7) is 9.29. The molecular formula is C12H23NO. The van der Waals surface area contributed by atoms with Crippen LogP contribution in [-0.4, -0.2) is 37.2 Å². The monoisotopic (exact) mass is 197 g/mol. The molecule has 82 valence electrons. The smallest absolute Gasteiger partial charge is 0.0506 e. The molecule has 3 atom stereocenters. The Hall–Kier alpha value is -0.0800. The summed E-state index contributed by atoms with van der Waals surface area (Å²) < 4.78 is 5.50. The van der Waals surface area contributed by atoms with Crippen LogP contribution in [0.25, 0.3) is 0 Å². The second kappa shape index (κ2) is 4.63. The van der Waals surface area contributed by atoms with Crippen LogP contribution in [0.5, 0.6) is 0 Å². The molecule has 2 heterocycles. The van der Waals surface area contributed by atoms with Gasteiger partial charge in [-0.15, -0.1) is 0 Å². The molecule has 2 unspecified atom stereocenters. The zero-order chi connectivity index (χ0) is 9.97. The topological polar surface area (TPSA) is 12.5 Å². The second-order valence-electron chi connectivity index (χ2n) is 5.15. The van der Waals surface area contributed by atoms with E-state index in [1.165, 1.54) is 32.4 Å². The van der Waals surface area contributed by atoms with Gasteiger partial charge in [-0.3, -0.25) is 4.90 Å². The van der Waals surface area contributed by atoms with E-state index in [-0.39, 0.29) is 0 Å². The van der Waals surface area contributed by atoms with Crippen LogP contribution in [-0.2, 0) is 4.74 Å². The Morgan fingerprint density at radius 1 is 1.21 bits per heavy atom. The molecule has 14 heavy (non-hydrogen) atoms. The van der Waals surface area contributed by atoms with E-state index in [1.807, 2.05) is 0 Å². The summed E-state index contributed by atoms with van der Waals surface area (Å²) in [6.07, 6.45) is 4.06. The van der Waals surface area contributed by atoms with E-state index in [0.717, 1.165) is 31.1 Å². The van der Waals surface area contributed by atoms with Gasteiger partial charge in [-0.1, -0.05) is 13.8 Å². The number of likely N-dealkylation sites (tertiary alicyclic amines) is 1. The molecule has 0 bridgehead atoms. The summed E-state index contributed by atoms with van der Waals surface area (Å²) in [4.78, 5) is 2.71. The van der Waals surface area contributed by atoms with Crippen molar-refractivity contribution >= 4 is 0 Å².